The second-order valence-electron chi connectivity index (χ2n) is 4.94. The number of piperazine rings is 1. The molecule has 0 bridgehead atoms. The van der Waals surface area contributed by atoms with Gasteiger partial charge in [-0.2, -0.15) is 5.10 Å². The number of aromatic amines is 1. The van der Waals surface area contributed by atoms with Crippen LogP contribution in [0.2, 0.25) is 0 Å². The van der Waals surface area contributed by atoms with Gasteiger partial charge in [-0.1, -0.05) is 0 Å². The Morgan fingerprint density at radius 2 is 1.89 bits per heavy atom. The van der Waals surface area contributed by atoms with Crippen molar-refractivity contribution in [3.8, 4) is 0 Å². The number of nitrogens with one attached hydrogen (secondary N) is 2. The fourth-order valence-electron chi connectivity index (χ4n) is 2.41. The van der Waals surface area contributed by atoms with Gasteiger partial charge in [-0.05, 0) is 13.8 Å². The van der Waals surface area contributed by atoms with Crippen LogP contribution in [0.25, 0.3) is 0 Å². The maximum absolute atomic E-state index is 11.8. The lowest BCUT2D eigenvalue weighted by Gasteiger charge is -2.36. The van der Waals surface area contributed by atoms with Crippen molar-refractivity contribution in [2.24, 2.45) is 0 Å². The highest BCUT2D eigenvalue weighted by Gasteiger charge is 2.29. The largest absolute Gasteiger partial charge is 0.383 e. The van der Waals surface area contributed by atoms with Crippen LogP contribution in [0.1, 0.15) is 13.8 Å². The highest BCUT2D eigenvalue weighted by Crippen LogP contribution is 2.28. The molecule has 0 amide bonds. The van der Waals surface area contributed by atoms with Gasteiger partial charge in [-0.3, -0.25) is 5.10 Å². The lowest BCUT2D eigenvalue weighted by atomic mass is 10.1. The Hall–Kier alpha value is -1.28. The Morgan fingerprint density at radius 1 is 1.33 bits per heavy atom. The van der Waals surface area contributed by atoms with Gasteiger partial charge >= 0.3 is 0 Å². The van der Waals surface area contributed by atoms with Crippen LogP contribution in [0.5, 0.6) is 0 Å². The average Bonchev–Trinajstić information content (AvgIpc) is 2.57. The van der Waals surface area contributed by atoms with E-state index in [9.17, 15) is 8.42 Å². The molecule has 102 valence electrons. The third-order valence-electron chi connectivity index (χ3n) is 2.96. The topological polar surface area (TPSA) is 104 Å². The normalized spacial score (nSPS) is 25.4. The minimum atomic E-state index is -3.39. The number of rotatable bonds is 2. The van der Waals surface area contributed by atoms with Crippen LogP contribution in [0.3, 0.4) is 0 Å². The van der Waals surface area contributed by atoms with E-state index in [1.165, 1.54) is 0 Å². The van der Waals surface area contributed by atoms with Crippen LogP contribution in [-0.4, -0.2) is 50.0 Å². The highest BCUT2D eigenvalue weighted by atomic mass is 32.2. The summed E-state index contributed by atoms with van der Waals surface area (Å²) in [4.78, 5) is 2.05. The van der Waals surface area contributed by atoms with Crippen molar-refractivity contribution in [1.82, 2.24) is 15.5 Å². The Labute approximate surface area is 107 Å². The second-order valence-corrected chi connectivity index (χ2v) is 6.89. The molecule has 2 heterocycles. The number of anilines is 2. The van der Waals surface area contributed by atoms with E-state index < -0.39 is 9.84 Å². The van der Waals surface area contributed by atoms with Crippen molar-refractivity contribution in [2.45, 2.75) is 30.8 Å². The lowest BCUT2D eigenvalue weighted by Crippen LogP contribution is -2.54. The predicted octanol–water partition coefficient (Wildman–Crippen LogP) is -0.418. The first kappa shape index (κ1) is 13.2. The minimum Gasteiger partial charge on any atom is -0.383 e. The molecule has 1 aromatic rings. The van der Waals surface area contributed by atoms with Crippen LogP contribution in [0.15, 0.2) is 4.90 Å². The minimum absolute atomic E-state index is 0.101. The maximum Gasteiger partial charge on any atom is 0.182 e. The van der Waals surface area contributed by atoms with Gasteiger partial charge in [0.15, 0.2) is 20.6 Å². The second kappa shape index (κ2) is 4.43. The summed E-state index contributed by atoms with van der Waals surface area (Å²) < 4.78 is 23.5. The van der Waals surface area contributed by atoms with Crippen molar-refractivity contribution in [2.75, 3.05) is 30.0 Å². The fraction of sp³-hybridized carbons (Fsp3) is 0.700. The summed E-state index contributed by atoms with van der Waals surface area (Å²) in [6, 6.07) is 0.554. The van der Waals surface area contributed by atoms with Gasteiger partial charge in [0.2, 0.25) is 0 Å². The molecule has 0 radical (unpaired) electrons. The summed E-state index contributed by atoms with van der Waals surface area (Å²) in [5.41, 5.74) is 5.66. The van der Waals surface area contributed by atoms with E-state index in [-0.39, 0.29) is 22.8 Å². The van der Waals surface area contributed by atoms with Crippen molar-refractivity contribution in [3.05, 3.63) is 0 Å². The standard InChI is InChI=1S/C10H19N5O2S/c1-6-4-15(5-7(2)12-6)10-8(18(3,16)17)9(11)13-14-10/h6-7,12H,4-5H2,1-3H3,(H3,11,13,14). The van der Waals surface area contributed by atoms with E-state index in [1.807, 2.05) is 4.90 Å². The van der Waals surface area contributed by atoms with Crippen LogP contribution in [0.4, 0.5) is 11.6 Å². The van der Waals surface area contributed by atoms with Crippen LogP contribution in [0, 0.1) is 0 Å². The molecule has 0 aromatic carbocycles. The number of hydrogen-bond acceptors (Lipinski definition) is 6. The van der Waals surface area contributed by atoms with Gasteiger partial charge in [0, 0.05) is 31.4 Å². The van der Waals surface area contributed by atoms with Gasteiger partial charge in [-0.25, -0.2) is 8.42 Å². The third kappa shape index (κ3) is 2.44. The van der Waals surface area contributed by atoms with Crippen molar-refractivity contribution >= 4 is 21.5 Å². The molecule has 1 fully saturated rings. The Balaban J connectivity index is 2.40. The lowest BCUT2D eigenvalue weighted by molar-refractivity contribution is 0.404. The molecule has 1 aliphatic heterocycles. The molecule has 18 heavy (non-hydrogen) atoms. The Bertz CT molecular complexity index is 528. The molecule has 0 aliphatic carbocycles. The first-order valence-corrected chi connectivity index (χ1v) is 7.73. The fourth-order valence-corrected chi connectivity index (χ4v) is 3.37. The first-order chi connectivity index (χ1) is 8.29. The predicted molar refractivity (Wildman–Crippen MR) is 70.4 cm³/mol. The smallest absolute Gasteiger partial charge is 0.182 e. The quantitative estimate of drug-likeness (QED) is 0.676. The molecule has 2 atom stereocenters. The molecule has 0 spiro atoms. The summed E-state index contributed by atoms with van der Waals surface area (Å²) in [6.45, 7) is 5.52. The first-order valence-electron chi connectivity index (χ1n) is 5.84. The molecular formula is C10H19N5O2S. The zero-order chi connectivity index (χ0) is 13.5. The number of nitrogens with zero attached hydrogens (tertiary/aromatic N) is 2. The molecule has 0 saturated carbocycles. The van der Waals surface area contributed by atoms with Crippen molar-refractivity contribution < 1.29 is 8.42 Å². The van der Waals surface area contributed by atoms with Gasteiger partial charge in [-0.15, -0.1) is 0 Å². The summed E-state index contributed by atoms with van der Waals surface area (Å²) in [6.07, 6.45) is 1.15. The summed E-state index contributed by atoms with van der Waals surface area (Å²) >= 11 is 0. The molecule has 2 unspecified atom stereocenters. The van der Waals surface area contributed by atoms with E-state index in [2.05, 4.69) is 29.4 Å². The number of nitrogens with two attached hydrogens (primary N) is 1. The van der Waals surface area contributed by atoms with E-state index in [0.29, 0.717) is 18.9 Å². The van der Waals surface area contributed by atoms with Crippen LogP contribution < -0.4 is 16.0 Å². The van der Waals surface area contributed by atoms with E-state index in [1.54, 1.807) is 0 Å². The summed E-state index contributed by atoms with van der Waals surface area (Å²) in [5, 5.41) is 9.98. The van der Waals surface area contributed by atoms with Crippen molar-refractivity contribution in [1.29, 1.82) is 0 Å². The Morgan fingerprint density at radius 3 is 2.39 bits per heavy atom. The highest BCUT2D eigenvalue weighted by molar-refractivity contribution is 7.91. The number of hydrogen-bond donors (Lipinski definition) is 3. The van der Waals surface area contributed by atoms with E-state index >= 15 is 0 Å². The number of H-pyrrole nitrogens is 1. The van der Waals surface area contributed by atoms with Gasteiger partial charge in [0.25, 0.3) is 0 Å². The zero-order valence-electron chi connectivity index (χ0n) is 10.8. The number of aromatic nitrogens is 2. The summed E-state index contributed by atoms with van der Waals surface area (Å²) in [7, 11) is -3.39. The van der Waals surface area contributed by atoms with Crippen molar-refractivity contribution in [3.63, 3.8) is 0 Å². The van der Waals surface area contributed by atoms with E-state index in [4.69, 9.17) is 5.73 Å². The molecule has 1 aliphatic rings. The van der Waals surface area contributed by atoms with Crippen LogP contribution in [-0.2, 0) is 9.84 Å². The zero-order valence-corrected chi connectivity index (χ0v) is 11.6. The molecule has 2 rings (SSSR count). The third-order valence-corrected chi connectivity index (χ3v) is 4.10. The molecule has 1 saturated heterocycles. The maximum atomic E-state index is 11.8. The molecular weight excluding hydrogens is 254 g/mol. The molecule has 8 heteroatoms. The monoisotopic (exact) mass is 273 g/mol. The number of sulfone groups is 1. The summed E-state index contributed by atoms with van der Waals surface area (Å²) in [5.74, 6) is 0.529. The molecule has 1 aromatic heterocycles. The SMILES string of the molecule is CC1CN(c2n[nH]c(N)c2S(C)(=O)=O)CC(C)N1. The number of nitrogen functional groups attached to an aromatic ring is 1. The Kier molecular flexibility index (Phi) is 3.24. The molecule has 7 nitrogen and oxygen atoms in total. The van der Waals surface area contributed by atoms with Gasteiger partial charge < -0.3 is 16.0 Å². The average molecular weight is 273 g/mol. The molecule has 4 N–H and O–H groups in total. The van der Waals surface area contributed by atoms with E-state index in [0.717, 1.165) is 6.26 Å². The van der Waals surface area contributed by atoms with Crippen LogP contribution >= 0.6 is 0 Å². The van der Waals surface area contributed by atoms with Gasteiger partial charge in [0.1, 0.15) is 5.82 Å². The van der Waals surface area contributed by atoms with Gasteiger partial charge in [0.05, 0.1) is 0 Å².